The number of ether oxygens (including phenoxy) is 1. The normalized spacial score (nSPS) is 12.5. The van der Waals surface area contributed by atoms with E-state index in [1.54, 1.807) is 0 Å². The highest BCUT2D eigenvalue weighted by atomic mass is 16.5. The number of rotatable bonds is 68. The minimum atomic E-state index is -0.662. The van der Waals surface area contributed by atoms with E-state index in [0.717, 1.165) is 44.9 Å². The summed E-state index contributed by atoms with van der Waals surface area (Å²) in [6.45, 7) is 4.99. The molecule has 0 rings (SSSR count). The maximum absolute atomic E-state index is 12.5. The zero-order valence-corrected chi connectivity index (χ0v) is 53.2. The summed E-state index contributed by atoms with van der Waals surface area (Å²) in [7, 11) is 0. The van der Waals surface area contributed by atoms with Crippen LogP contribution >= 0.6 is 0 Å². The van der Waals surface area contributed by atoms with E-state index in [1.165, 1.54) is 334 Å². The third kappa shape index (κ3) is 63.8. The standard InChI is InChI=1S/C72H141NO5/c1-3-5-7-9-11-13-15-17-19-20-34-37-40-44-48-52-56-60-64-70(75)69(68-74)73-71(76)65-61-57-53-49-45-41-38-35-32-30-28-26-24-22-21-23-25-27-29-31-33-36-39-43-47-51-55-59-63-67-78-72(77)66-62-58-54-50-46-42-18-16-14-12-10-8-6-4-2/h16,18,69-70,74-75H,3-15,17,19-68H2,1-2H3,(H,73,76)/b18-16-. The second-order valence-corrected chi connectivity index (χ2v) is 24.9. The molecule has 0 aromatic heterocycles. The molecule has 0 heterocycles. The molecule has 2 atom stereocenters. The van der Waals surface area contributed by atoms with Crippen LogP contribution in [0, 0.1) is 0 Å². The van der Waals surface area contributed by atoms with Gasteiger partial charge >= 0.3 is 5.97 Å². The van der Waals surface area contributed by atoms with Gasteiger partial charge < -0.3 is 20.3 Å². The number of esters is 1. The van der Waals surface area contributed by atoms with Crippen molar-refractivity contribution in [3.05, 3.63) is 12.2 Å². The molecule has 6 heteroatoms. The van der Waals surface area contributed by atoms with Gasteiger partial charge in [0, 0.05) is 12.8 Å². The van der Waals surface area contributed by atoms with Crippen LogP contribution in [0.1, 0.15) is 412 Å². The molecule has 0 saturated heterocycles. The van der Waals surface area contributed by atoms with Gasteiger partial charge in [0.25, 0.3) is 0 Å². The number of aliphatic hydroxyl groups is 2. The van der Waals surface area contributed by atoms with Gasteiger partial charge in [-0.2, -0.15) is 0 Å². The summed E-state index contributed by atoms with van der Waals surface area (Å²) in [6, 6.07) is -0.538. The summed E-state index contributed by atoms with van der Waals surface area (Å²) in [6.07, 6.45) is 84.1. The summed E-state index contributed by atoms with van der Waals surface area (Å²) < 4.78 is 5.49. The van der Waals surface area contributed by atoms with Crippen molar-refractivity contribution >= 4 is 11.9 Å². The quantitative estimate of drug-likeness (QED) is 0.0320. The third-order valence-electron chi connectivity index (χ3n) is 17.1. The first-order chi connectivity index (χ1) is 38.5. The number of hydrogen-bond acceptors (Lipinski definition) is 5. The van der Waals surface area contributed by atoms with Crippen molar-refractivity contribution in [1.29, 1.82) is 0 Å². The number of aliphatic hydroxyl groups excluding tert-OH is 2. The molecule has 0 fully saturated rings. The summed E-state index contributed by atoms with van der Waals surface area (Å²) in [5.74, 6) is -0.0152. The van der Waals surface area contributed by atoms with E-state index in [9.17, 15) is 19.8 Å². The van der Waals surface area contributed by atoms with Gasteiger partial charge in [-0.25, -0.2) is 0 Å². The molecule has 0 aromatic rings. The number of carbonyl (C=O) groups excluding carboxylic acids is 2. The lowest BCUT2D eigenvalue weighted by atomic mass is 10.0. The van der Waals surface area contributed by atoms with E-state index in [0.29, 0.717) is 25.9 Å². The maximum atomic E-state index is 12.5. The number of carbonyl (C=O) groups is 2. The van der Waals surface area contributed by atoms with E-state index < -0.39 is 12.1 Å². The Morgan fingerprint density at radius 1 is 0.346 bits per heavy atom. The highest BCUT2D eigenvalue weighted by molar-refractivity contribution is 5.76. The SMILES string of the molecule is CCCCCCC/C=C\CCCCCCCC(=O)OCCCCCCCCCCCCCCCCCCCCCCCCCCCCCCCC(=O)NC(CO)C(O)CCCCCCCCCCCCCCCCCCCC. The van der Waals surface area contributed by atoms with Crippen LogP contribution in [0.4, 0.5) is 0 Å². The lowest BCUT2D eigenvalue weighted by Crippen LogP contribution is -2.45. The molecular weight excluding hydrogens is 959 g/mol. The van der Waals surface area contributed by atoms with Crippen LogP contribution in [0.2, 0.25) is 0 Å². The molecular formula is C72H141NO5. The fourth-order valence-electron chi connectivity index (χ4n) is 11.6. The van der Waals surface area contributed by atoms with Gasteiger partial charge in [-0.3, -0.25) is 9.59 Å². The van der Waals surface area contributed by atoms with E-state index in [1.807, 2.05) is 0 Å². The Morgan fingerprint density at radius 2 is 0.603 bits per heavy atom. The zero-order chi connectivity index (χ0) is 56.4. The Bertz CT molecular complexity index is 1180. The van der Waals surface area contributed by atoms with Crippen molar-refractivity contribution in [3.8, 4) is 0 Å². The van der Waals surface area contributed by atoms with Gasteiger partial charge in [-0.1, -0.05) is 360 Å². The summed E-state index contributed by atoms with van der Waals surface area (Å²) >= 11 is 0. The minimum Gasteiger partial charge on any atom is -0.466 e. The third-order valence-corrected chi connectivity index (χ3v) is 17.1. The van der Waals surface area contributed by atoms with Gasteiger partial charge in [-0.05, 0) is 51.4 Å². The molecule has 0 spiro atoms. The van der Waals surface area contributed by atoms with Crippen LogP contribution in [0.15, 0.2) is 12.2 Å². The first kappa shape index (κ1) is 76.6. The molecule has 6 nitrogen and oxygen atoms in total. The Hall–Kier alpha value is -1.40. The molecule has 2 unspecified atom stereocenters. The minimum absolute atomic E-state index is 0.0119. The number of hydrogen-bond donors (Lipinski definition) is 3. The van der Waals surface area contributed by atoms with Crippen LogP contribution in [0.5, 0.6) is 0 Å². The largest absolute Gasteiger partial charge is 0.466 e. The van der Waals surface area contributed by atoms with Gasteiger partial charge in [0.05, 0.1) is 25.4 Å². The van der Waals surface area contributed by atoms with Crippen molar-refractivity contribution in [2.45, 2.75) is 424 Å². The lowest BCUT2D eigenvalue weighted by Gasteiger charge is -2.22. The summed E-state index contributed by atoms with van der Waals surface area (Å²) in [5.41, 5.74) is 0. The van der Waals surface area contributed by atoms with Crippen LogP contribution < -0.4 is 5.32 Å². The van der Waals surface area contributed by atoms with Crippen molar-refractivity contribution in [2.75, 3.05) is 13.2 Å². The van der Waals surface area contributed by atoms with Crippen molar-refractivity contribution in [1.82, 2.24) is 5.32 Å². The predicted octanol–water partition coefficient (Wildman–Crippen LogP) is 23.1. The average Bonchev–Trinajstić information content (AvgIpc) is 3.44. The first-order valence-electron chi connectivity index (χ1n) is 35.9. The van der Waals surface area contributed by atoms with E-state index in [4.69, 9.17) is 4.74 Å². The van der Waals surface area contributed by atoms with Crippen molar-refractivity contribution in [2.24, 2.45) is 0 Å². The molecule has 1 amide bonds. The van der Waals surface area contributed by atoms with Crippen molar-refractivity contribution < 1.29 is 24.5 Å². The zero-order valence-electron chi connectivity index (χ0n) is 53.2. The van der Waals surface area contributed by atoms with Crippen LogP contribution in [-0.4, -0.2) is 47.4 Å². The Labute approximate surface area is 489 Å². The van der Waals surface area contributed by atoms with Crippen molar-refractivity contribution in [3.63, 3.8) is 0 Å². The molecule has 3 N–H and O–H groups in total. The van der Waals surface area contributed by atoms with Gasteiger partial charge in [0.15, 0.2) is 0 Å². The van der Waals surface area contributed by atoms with Crippen LogP contribution in [0.25, 0.3) is 0 Å². The Morgan fingerprint density at radius 3 is 0.910 bits per heavy atom. The van der Waals surface area contributed by atoms with E-state index in [2.05, 4.69) is 31.3 Å². The smallest absolute Gasteiger partial charge is 0.305 e. The molecule has 0 aliphatic heterocycles. The van der Waals surface area contributed by atoms with E-state index in [-0.39, 0.29) is 18.5 Å². The molecule has 464 valence electrons. The second kappa shape index (κ2) is 68.1. The van der Waals surface area contributed by atoms with E-state index >= 15 is 0 Å². The second-order valence-electron chi connectivity index (χ2n) is 24.9. The molecule has 0 aliphatic rings. The Balaban J connectivity index is 3.33. The molecule has 0 aliphatic carbocycles. The molecule has 0 bridgehead atoms. The molecule has 78 heavy (non-hydrogen) atoms. The summed E-state index contributed by atoms with van der Waals surface area (Å²) in [5, 5.41) is 23.4. The topological polar surface area (TPSA) is 95.9 Å². The predicted molar refractivity (Wildman–Crippen MR) is 343 cm³/mol. The molecule has 0 radical (unpaired) electrons. The maximum Gasteiger partial charge on any atom is 0.305 e. The highest BCUT2D eigenvalue weighted by Crippen LogP contribution is 2.19. The Kier molecular flexibility index (Phi) is 66.9. The van der Waals surface area contributed by atoms with Crippen LogP contribution in [-0.2, 0) is 14.3 Å². The van der Waals surface area contributed by atoms with Gasteiger partial charge in [-0.15, -0.1) is 0 Å². The fraction of sp³-hybridized carbons (Fsp3) is 0.944. The lowest BCUT2D eigenvalue weighted by molar-refractivity contribution is -0.143. The van der Waals surface area contributed by atoms with Crippen LogP contribution in [0.3, 0.4) is 0 Å². The number of unbranched alkanes of at least 4 members (excludes halogenated alkanes) is 55. The number of allylic oxidation sites excluding steroid dienone is 2. The van der Waals surface area contributed by atoms with Gasteiger partial charge in [0.2, 0.25) is 5.91 Å². The molecule has 0 aromatic carbocycles. The first-order valence-corrected chi connectivity index (χ1v) is 35.9. The fourth-order valence-corrected chi connectivity index (χ4v) is 11.6. The number of amides is 1. The highest BCUT2D eigenvalue weighted by Gasteiger charge is 2.20. The monoisotopic (exact) mass is 1100 g/mol. The molecule has 0 saturated carbocycles. The average molecular weight is 1100 g/mol. The van der Waals surface area contributed by atoms with Gasteiger partial charge in [0.1, 0.15) is 0 Å². The number of nitrogens with one attached hydrogen (secondary N) is 1. The summed E-state index contributed by atoms with van der Waals surface area (Å²) in [4.78, 5) is 24.6.